The zero-order chi connectivity index (χ0) is 12.3. The first kappa shape index (κ1) is 11.5. The number of aromatic nitrogens is 2. The minimum Gasteiger partial charge on any atom is -0.384 e. The average Bonchev–Trinajstić information content (AvgIpc) is 2.29. The number of methoxy groups -OCH3 is 1. The van der Waals surface area contributed by atoms with E-state index in [0.29, 0.717) is 18.2 Å². The second kappa shape index (κ2) is 4.93. The van der Waals surface area contributed by atoms with Gasteiger partial charge < -0.3 is 10.5 Å². The zero-order valence-corrected chi connectivity index (χ0v) is 9.97. The Labute approximate surface area is 100 Å². The summed E-state index contributed by atoms with van der Waals surface area (Å²) in [5.41, 5.74) is 8.70. The first-order chi connectivity index (χ1) is 8.19. The van der Waals surface area contributed by atoms with Crippen molar-refractivity contribution >= 4 is 5.82 Å². The van der Waals surface area contributed by atoms with Crippen molar-refractivity contribution in [3.63, 3.8) is 0 Å². The number of anilines is 1. The Morgan fingerprint density at radius 3 is 2.53 bits per heavy atom. The van der Waals surface area contributed by atoms with Gasteiger partial charge in [-0.3, -0.25) is 0 Å². The van der Waals surface area contributed by atoms with Crippen LogP contribution < -0.4 is 5.73 Å². The highest BCUT2D eigenvalue weighted by Gasteiger charge is 2.05. The highest BCUT2D eigenvalue weighted by Crippen LogP contribution is 2.17. The van der Waals surface area contributed by atoms with Gasteiger partial charge in [0.25, 0.3) is 0 Å². The number of nitrogens with zero attached hydrogens (tertiary/aromatic N) is 2. The van der Waals surface area contributed by atoms with E-state index in [0.717, 1.165) is 11.3 Å². The Kier molecular flexibility index (Phi) is 3.35. The molecule has 0 radical (unpaired) electrons. The van der Waals surface area contributed by atoms with E-state index < -0.39 is 0 Å². The fraction of sp³-hybridized carbons (Fsp3) is 0.231. The van der Waals surface area contributed by atoms with Crippen LogP contribution in [0.5, 0.6) is 0 Å². The number of rotatable bonds is 3. The number of nitrogens with two attached hydrogens (primary N) is 1. The summed E-state index contributed by atoms with van der Waals surface area (Å²) in [5, 5.41) is 0. The van der Waals surface area contributed by atoms with Crippen molar-refractivity contribution in [2.24, 2.45) is 0 Å². The van der Waals surface area contributed by atoms with Gasteiger partial charge in [-0.2, -0.15) is 0 Å². The SMILES string of the molecule is COCc1cc(N)nc(-c2ccc(C)cc2)n1. The topological polar surface area (TPSA) is 61.0 Å². The predicted octanol–water partition coefficient (Wildman–Crippen LogP) is 2.18. The second-order valence-corrected chi connectivity index (χ2v) is 3.91. The maximum absolute atomic E-state index is 5.75. The van der Waals surface area contributed by atoms with Crippen LogP contribution in [0.4, 0.5) is 5.82 Å². The molecule has 0 fully saturated rings. The van der Waals surface area contributed by atoms with Crippen molar-refractivity contribution in [3.8, 4) is 11.4 Å². The maximum Gasteiger partial charge on any atom is 0.161 e. The summed E-state index contributed by atoms with van der Waals surface area (Å²) in [4.78, 5) is 8.63. The molecule has 1 heterocycles. The standard InChI is InChI=1S/C13H15N3O/c1-9-3-5-10(6-4-9)13-15-11(8-17-2)7-12(14)16-13/h3-7H,8H2,1-2H3,(H2,14,15,16). The van der Waals surface area contributed by atoms with E-state index in [4.69, 9.17) is 10.5 Å². The molecule has 0 aliphatic heterocycles. The predicted molar refractivity (Wildman–Crippen MR) is 67.3 cm³/mol. The molecule has 0 saturated carbocycles. The summed E-state index contributed by atoms with van der Waals surface area (Å²) in [5.74, 6) is 1.10. The molecule has 4 nitrogen and oxygen atoms in total. The Morgan fingerprint density at radius 2 is 1.88 bits per heavy atom. The lowest BCUT2D eigenvalue weighted by molar-refractivity contribution is 0.181. The minimum atomic E-state index is 0.436. The van der Waals surface area contributed by atoms with E-state index in [2.05, 4.69) is 9.97 Å². The first-order valence-electron chi connectivity index (χ1n) is 5.38. The van der Waals surface area contributed by atoms with Crippen LogP contribution in [0.1, 0.15) is 11.3 Å². The van der Waals surface area contributed by atoms with Crippen molar-refractivity contribution < 1.29 is 4.74 Å². The molecule has 0 spiro atoms. The van der Waals surface area contributed by atoms with Crippen molar-refractivity contribution in [2.75, 3.05) is 12.8 Å². The van der Waals surface area contributed by atoms with Gasteiger partial charge in [-0.25, -0.2) is 9.97 Å². The number of ether oxygens (including phenoxy) is 1. The number of hydrogen-bond donors (Lipinski definition) is 1. The van der Waals surface area contributed by atoms with Gasteiger partial charge in [0.1, 0.15) is 5.82 Å². The molecule has 0 bridgehead atoms. The van der Waals surface area contributed by atoms with Crippen LogP contribution in [0.2, 0.25) is 0 Å². The van der Waals surface area contributed by atoms with Crippen LogP contribution in [-0.4, -0.2) is 17.1 Å². The Hall–Kier alpha value is -1.94. The third-order valence-corrected chi connectivity index (χ3v) is 2.40. The number of hydrogen-bond acceptors (Lipinski definition) is 4. The van der Waals surface area contributed by atoms with Crippen molar-refractivity contribution in [3.05, 3.63) is 41.6 Å². The fourth-order valence-electron chi connectivity index (χ4n) is 1.57. The molecule has 0 saturated heterocycles. The van der Waals surface area contributed by atoms with E-state index in [9.17, 15) is 0 Å². The maximum atomic E-state index is 5.75. The van der Waals surface area contributed by atoms with Gasteiger partial charge in [-0.15, -0.1) is 0 Å². The van der Waals surface area contributed by atoms with Gasteiger partial charge in [0.05, 0.1) is 12.3 Å². The molecule has 2 rings (SSSR count). The largest absolute Gasteiger partial charge is 0.384 e. The summed E-state index contributed by atoms with van der Waals surface area (Å²) in [6.45, 7) is 2.48. The molecule has 0 aliphatic rings. The summed E-state index contributed by atoms with van der Waals surface area (Å²) in [6, 6.07) is 9.75. The zero-order valence-electron chi connectivity index (χ0n) is 9.97. The molecule has 1 aromatic carbocycles. The van der Waals surface area contributed by atoms with Gasteiger partial charge in [0.15, 0.2) is 5.82 Å². The molecule has 4 heteroatoms. The van der Waals surface area contributed by atoms with Crippen LogP contribution >= 0.6 is 0 Å². The third-order valence-electron chi connectivity index (χ3n) is 2.40. The van der Waals surface area contributed by atoms with Crippen LogP contribution in [-0.2, 0) is 11.3 Å². The molecule has 0 amide bonds. The van der Waals surface area contributed by atoms with E-state index in [1.54, 1.807) is 13.2 Å². The fourth-order valence-corrected chi connectivity index (χ4v) is 1.57. The minimum absolute atomic E-state index is 0.436. The number of benzene rings is 1. The molecule has 1 aromatic heterocycles. The molecule has 0 unspecified atom stereocenters. The lowest BCUT2D eigenvalue weighted by Gasteiger charge is -2.05. The Balaban J connectivity index is 2.40. The van der Waals surface area contributed by atoms with E-state index >= 15 is 0 Å². The molecule has 0 aliphatic carbocycles. The quantitative estimate of drug-likeness (QED) is 0.876. The van der Waals surface area contributed by atoms with Crippen molar-refractivity contribution in [2.45, 2.75) is 13.5 Å². The number of aryl methyl sites for hydroxylation is 1. The number of nitrogen functional groups attached to an aromatic ring is 1. The van der Waals surface area contributed by atoms with Crippen LogP contribution in [0.3, 0.4) is 0 Å². The molecule has 0 atom stereocenters. The van der Waals surface area contributed by atoms with Crippen molar-refractivity contribution in [1.82, 2.24) is 9.97 Å². The molecule has 2 aromatic rings. The first-order valence-corrected chi connectivity index (χ1v) is 5.38. The lowest BCUT2D eigenvalue weighted by Crippen LogP contribution is -2.01. The van der Waals surface area contributed by atoms with Gasteiger partial charge in [0, 0.05) is 18.7 Å². The molecular formula is C13H15N3O. The van der Waals surface area contributed by atoms with E-state index in [1.807, 2.05) is 31.2 Å². The highest BCUT2D eigenvalue weighted by molar-refractivity contribution is 5.57. The third kappa shape index (κ3) is 2.79. The monoisotopic (exact) mass is 229 g/mol. The second-order valence-electron chi connectivity index (χ2n) is 3.91. The average molecular weight is 229 g/mol. The summed E-state index contributed by atoms with van der Waals surface area (Å²) >= 11 is 0. The molecule has 2 N–H and O–H groups in total. The normalized spacial score (nSPS) is 10.5. The Bertz CT molecular complexity index is 509. The van der Waals surface area contributed by atoms with Gasteiger partial charge in [-0.1, -0.05) is 29.8 Å². The Morgan fingerprint density at radius 1 is 1.18 bits per heavy atom. The van der Waals surface area contributed by atoms with E-state index in [1.165, 1.54) is 5.56 Å². The van der Waals surface area contributed by atoms with Gasteiger partial charge in [-0.05, 0) is 6.92 Å². The summed E-state index contributed by atoms with van der Waals surface area (Å²) in [7, 11) is 1.63. The highest BCUT2D eigenvalue weighted by atomic mass is 16.5. The molecule has 17 heavy (non-hydrogen) atoms. The summed E-state index contributed by atoms with van der Waals surface area (Å²) in [6.07, 6.45) is 0. The smallest absolute Gasteiger partial charge is 0.161 e. The van der Waals surface area contributed by atoms with Crippen molar-refractivity contribution in [1.29, 1.82) is 0 Å². The lowest BCUT2D eigenvalue weighted by atomic mass is 10.1. The van der Waals surface area contributed by atoms with Gasteiger partial charge in [0.2, 0.25) is 0 Å². The van der Waals surface area contributed by atoms with E-state index in [-0.39, 0.29) is 0 Å². The van der Waals surface area contributed by atoms with Crippen LogP contribution in [0, 0.1) is 6.92 Å². The van der Waals surface area contributed by atoms with Crippen LogP contribution in [0.25, 0.3) is 11.4 Å². The van der Waals surface area contributed by atoms with Gasteiger partial charge >= 0.3 is 0 Å². The molecule has 88 valence electrons. The van der Waals surface area contributed by atoms with Crippen LogP contribution in [0.15, 0.2) is 30.3 Å². The summed E-state index contributed by atoms with van der Waals surface area (Å²) < 4.78 is 5.05. The molecular weight excluding hydrogens is 214 g/mol.